The molecule has 6 nitrogen and oxygen atoms in total. The van der Waals surface area contributed by atoms with Crippen LogP contribution in [0.2, 0.25) is 0 Å². The van der Waals surface area contributed by atoms with E-state index in [1.165, 1.54) is 0 Å². The minimum absolute atomic E-state index is 0.0262. The summed E-state index contributed by atoms with van der Waals surface area (Å²) in [4.78, 5) is 0. The second-order valence-corrected chi connectivity index (χ2v) is 10.3. The molecule has 0 aliphatic carbocycles. The van der Waals surface area contributed by atoms with Crippen molar-refractivity contribution in [1.82, 2.24) is 0 Å². The Morgan fingerprint density at radius 1 is 0.472 bits per heavy atom. The van der Waals surface area contributed by atoms with Gasteiger partial charge in [0.2, 0.25) is 0 Å². The van der Waals surface area contributed by atoms with Gasteiger partial charge in [-0.05, 0) is 0 Å². The molecule has 3 unspecified atom stereocenters. The zero-order valence-electron chi connectivity index (χ0n) is 19.0. The maximum Gasteiger partial charge on any atom is 0.277 e. The lowest BCUT2D eigenvalue weighted by atomic mass is 10.0. The molecule has 3 aromatic carbocycles. The van der Waals surface area contributed by atoms with Gasteiger partial charge in [0.15, 0.2) is 0 Å². The number of halogens is 3. The Kier molecular flexibility index (Phi) is 6.53. The molecule has 0 amide bonds. The molecule has 3 aliphatic heterocycles. The van der Waals surface area contributed by atoms with Crippen molar-refractivity contribution in [3.05, 3.63) is 108 Å². The number of ether oxygens (including phenoxy) is 6. The topological polar surface area (TPSA) is 55.4 Å². The highest BCUT2D eigenvalue weighted by atomic mass is 35.5. The molecular formula is C27H23Cl3O6. The molecule has 7 atom stereocenters. The van der Waals surface area contributed by atoms with Gasteiger partial charge in [0.05, 0.1) is 13.2 Å². The number of alkyl halides is 3. The zero-order chi connectivity index (χ0) is 24.8. The van der Waals surface area contributed by atoms with E-state index in [9.17, 15) is 0 Å². The summed E-state index contributed by atoms with van der Waals surface area (Å²) in [5.41, 5.74) is 1.90. The third-order valence-corrected chi connectivity index (χ3v) is 7.69. The number of hydrogen-bond acceptors (Lipinski definition) is 6. The lowest BCUT2D eigenvalue weighted by Crippen LogP contribution is -2.59. The molecule has 3 fully saturated rings. The van der Waals surface area contributed by atoms with Gasteiger partial charge in [0.25, 0.3) is 15.7 Å². The smallest absolute Gasteiger partial charge is 0.277 e. The fourth-order valence-electron chi connectivity index (χ4n) is 4.67. The third-order valence-electron chi connectivity index (χ3n) is 6.46. The minimum atomic E-state index is -1.62. The van der Waals surface area contributed by atoms with Crippen molar-refractivity contribution in [1.29, 1.82) is 0 Å². The van der Waals surface area contributed by atoms with Crippen molar-refractivity contribution in [2.45, 2.75) is 40.2 Å². The number of benzene rings is 3. The predicted octanol–water partition coefficient (Wildman–Crippen LogP) is 5.75. The molecule has 3 aliphatic rings. The Bertz CT molecular complexity index is 1150. The van der Waals surface area contributed by atoms with Gasteiger partial charge in [-0.2, -0.15) is 0 Å². The van der Waals surface area contributed by atoms with Crippen molar-refractivity contribution < 1.29 is 28.4 Å². The summed E-state index contributed by atoms with van der Waals surface area (Å²) in [6.45, 7) is 0.0827. The highest BCUT2D eigenvalue weighted by Crippen LogP contribution is 2.49. The quantitative estimate of drug-likeness (QED) is 0.388. The van der Waals surface area contributed by atoms with Gasteiger partial charge in [-0.15, -0.1) is 0 Å². The lowest BCUT2D eigenvalue weighted by Gasteiger charge is -2.47. The van der Waals surface area contributed by atoms with Crippen molar-refractivity contribution in [3.8, 4) is 0 Å². The van der Waals surface area contributed by atoms with Crippen LogP contribution in [0.5, 0.6) is 0 Å². The number of rotatable bonds is 3. The van der Waals surface area contributed by atoms with E-state index in [0.717, 1.165) is 0 Å². The van der Waals surface area contributed by atoms with Gasteiger partial charge < -0.3 is 28.4 Å². The average Bonchev–Trinajstić information content (AvgIpc) is 3.27. The fraction of sp³-hybridized carbons (Fsp3) is 0.333. The van der Waals surface area contributed by atoms with Gasteiger partial charge in [-0.25, -0.2) is 0 Å². The van der Waals surface area contributed by atoms with Crippen LogP contribution in [0.1, 0.15) is 16.7 Å². The SMILES string of the molecule is ClC1(c2ccccc2)OC[C@@H]2OC(Cl)(c3ccccc3)OC[C@H]3OC(Cl)(c4ccccc4)O[C@@H]3[C@H]2O1. The standard InChI is InChI=1S/C27H23Cl3O6/c28-25(18-10-4-1-5-11-18)31-17-22-24(36-27(30,34-22)20-14-8-3-9-15-20)23-21(33-25)16-32-26(29,35-23)19-12-6-2-7-13-19/h1-15,21-24H,16-17H2/t21-,22+,23-,24-,25?,26?,27?/m0/s1. The summed E-state index contributed by atoms with van der Waals surface area (Å²) in [6, 6.07) is 27.8. The highest BCUT2D eigenvalue weighted by molar-refractivity contribution is 6.22. The first-order valence-corrected chi connectivity index (χ1v) is 12.7. The number of hydrogen-bond donors (Lipinski definition) is 0. The van der Waals surface area contributed by atoms with Crippen molar-refractivity contribution >= 4 is 34.8 Å². The molecule has 3 aromatic rings. The molecule has 0 aromatic heterocycles. The summed E-state index contributed by atoms with van der Waals surface area (Å²) in [5, 5.41) is -4.74. The number of fused-ring (bicyclic) bond motifs is 3. The second kappa shape index (κ2) is 9.55. The van der Waals surface area contributed by atoms with Gasteiger partial charge >= 0.3 is 0 Å². The molecule has 0 N–H and O–H groups in total. The van der Waals surface area contributed by atoms with Gasteiger partial charge in [0, 0.05) is 16.7 Å². The average molecular weight is 550 g/mol. The van der Waals surface area contributed by atoms with E-state index in [0.29, 0.717) is 16.7 Å². The first kappa shape index (κ1) is 24.6. The van der Waals surface area contributed by atoms with E-state index in [1.54, 1.807) is 0 Å². The van der Waals surface area contributed by atoms with Crippen LogP contribution < -0.4 is 0 Å². The normalized spacial score (nSPS) is 38.4. The summed E-state index contributed by atoms with van der Waals surface area (Å²) in [6.07, 6.45) is -2.81. The molecule has 3 saturated heterocycles. The van der Waals surface area contributed by atoms with Crippen LogP contribution in [0, 0.1) is 0 Å². The van der Waals surface area contributed by atoms with Crippen molar-refractivity contribution in [3.63, 3.8) is 0 Å². The fourth-order valence-corrected chi connectivity index (χ4v) is 5.60. The van der Waals surface area contributed by atoms with Gasteiger partial charge in [-0.3, -0.25) is 0 Å². The minimum Gasteiger partial charge on any atom is -0.331 e. The van der Waals surface area contributed by atoms with E-state index in [1.807, 2.05) is 91.0 Å². The summed E-state index contributed by atoms with van der Waals surface area (Å²) in [7, 11) is 0. The molecule has 36 heavy (non-hydrogen) atoms. The third kappa shape index (κ3) is 4.45. The lowest BCUT2D eigenvalue weighted by molar-refractivity contribution is -0.351. The van der Waals surface area contributed by atoms with Crippen LogP contribution in [-0.4, -0.2) is 37.6 Å². The van der Waals surface area contributed by atoms with E-state index in [4.69, 9.17) is 63.2 Å². The molecule has 0 saturated carbocycles. The van der Waals surface area contributed by atoms with E-state index >= 15 is 0 Å². The highest BCUT2D eigenvalue weighted by Gasteiger charge is 2.59. The Balaban J connectivity index is 1.38. The van der Waals surface area contributed by atoms with Crippen LogP contribution in [0.25, 0.3) is 0 Å². The molecule has 0 spiro atoms. The maximum atomic E-state index is 6.95. The largest absolute Gasteiger partial charge is 0.331 e. The monoisotopic (exact) mass is 548 g/mol. The molecule has 188 valence electrons. The second-order valence-electron chi connectivity index (χ2n) is 8.81. The van der Waals surface area contributed by atoms with Crippen LogP contribution >= 0.6 is 34.8 Å². The summed E-state index contributed by atoms with van der Waals surface area (Å²) >= 11 is 20.7. The van der Waals surface area contributed by atoms with Crippen LogP contribution in [0.3, 0.4) is 0 Å². The first-order valence-electron chi connectivity index (χ1n) is 11.6. The Morgan fingerprint density at radius 2 is 0.806 bits per heavy atom. The molecule has 3 heterocycles. The summed E-state index contributed by atoms with van der Waals surface area (Å²) < 4.78 is 37.5. The van der Waals surface area contributed by atoms with Gasteiger partial charge in [0.1, 0.15) is 24.4 Å². The Hall–Kier alpha value is -1.71. The van der Waals surface area contributed by atoms with Crippen molar-refractivity contribution in [2.75, 3.05) is 13.2 Å². The van der Waals surface area contributed by atoms with E-state index < -0.39 is 40.2 Å². The van der Waals surface area contributed by atoms with E-state index in [2.05, 4.69) is 0 Å². The van der Waals surface area contributed by atoms with Crippen molar-refractivity contribution in [2.24, 2.45) is 0 Å². The molecule has 0 radical (unpaired) electrons. The van der Waals surface area contributed by atoms with E-state index in [-0.39, 0.29) is 13.2 Å². The predicted molar refractivity (Wildman–Crippen MR) is 133 cm³/mol. The Labute approximate surface area is 223 Å². The summed E-state index contributed by atoms with van der Waals surface area (Å²) in [5.74, 6) is 0. The molecular weight excluding hydrogens is 527 g/mol. The van der Waals surface area contributed by atoms with Gasteiger partial charge in [-0.1, -0.05) is 126 Å². The molecule has 6 rings (SSSR count). The maximum absolute atomic E-state index is 6.95. The van der Waals surface area contributed by atoms with Crippen LogP contribution in [0.15, 0.2) is 91.0 Å². The Morgan fingerprint density at radius 3 is 1.25 bits per heavy atom. The molecule has 9 heteroatoms. The van der Waals surface area contributed by atoms with Crippen LogP contribution in [-0.2, 0) is 44.2 Å². The van der Waals surface area contributed by atoms with Crippen LogP contribution in [0.4, 0.5) is 0 Å². The molecule has 0 bridgehead atoms. The zero-order valence-corrected chi connectivity index (χ0v) is 21.2. The first-order chi connectivity index (χ1) is 17.4.